The van der Waals surface area contributed by atoms with Crippen LogP contribution in [0.15, 0.2) is 16.9 Å². The lowest BCUT2D eigenvalue weighted by molar-refractivity contribution is 0.543. The fourth-order valence-electron chi connectivity index (χ4n) is 1.57. The summed E-state index contributed by atoms with van der Waals surface area (Å²) in [6.07, 6.45) is 0. The molecule has 0 saturated carbocycles. The Kier molecular flexibility index (Phi) is 3.34. The number of rotatable bonds is 1. The summed E-state index contributed by atoms with van der Waals surface area (Å²) >= 11 is 7.37. The van der Waals surface area contributed by atoms with Gasteiger partial charge in [0, 0.05) is 11.0 Å². The summed E-state index contributed by atoms with van der Waals surface area (Å²) in [7, 11) is 0. The Labute approximate surface area is 115 Å². The molecule has 0 spiro atoms. The molecule has 0 radical (unpaired) electrons. The maximum Gasteiger partial charge on any atom is 0.254 e. The van der Waals surface area contributed by atoms with Gasteiger partial charge in [-0.2, -0.15) is 0 Å². The van der Waals surface area contributed by atoms with Gasteiger partial charge in [0.05, 0.1) is 14.9 Å². The predicted octanol–water partition coefficient (Wildman–Crippen LogP) is 3.76. The lowest BCUT2D eigenvalue weighted by Crippen LogP contribution is -2.24. The van der Waals surface area contributed by atoms with E-state index in [1.54, 1.807) is 6.92 Å². The van der Waals surface area contributed by atoms with Crippen molar-refractivity contribution in [1.82, 2.24) is 9.97 Å². The highest BCUT2D eigenvalue weighted by molar-refractivity contribution is 7.19. The summed E-state index contributed by atoms with van der Waals surface area (Å²) in [5, 5.41) is 0. The van der Waals surface area contributed by atoms with E-state index in [2.05, 4.69) is 9.97 Å². The molecule has 96 valence electrons. The van der Waals surface area contributed by atoms with Gasteiger partial charge in [-0.05, 0) is 19.1 Å². The first-order chi connectivity index (χ1) is 8.29. The quantitative estimate of drug-likeness (QED) is 0.866. The second-order valence-corrected chi connectivity index (χ2v) is 6.96. The van der Waals surface area contributed by atoms with Gasteiger partial charge in [0.2, 0.25) is 0 Å². The van der Waals surface area contributed by atoms with Gasteiger partial charge in [-0.1, -0.05) is 32.4 Å². The van der Waals surface area contributed by atoms with E-state index in [1.807, 2.05) is 32.9 Å². The summed E-state index contributed by atoms with van der Waals surface area (Å²) < 4.78 is 0.698. The molecular weight excluding hydrogens is 268 g/mol. The Bertz CT molecular complexity index is 637. The zero-order valence-corrected chi connectivity index (χ0v) is 12.4. The number of aromatic nitrogens is 2. The third-order valence-electron chi connectivity index (χ3n) is 2.67. The largest absolute Gasteiger partial charge is 0.310 e. The van der Waals surface area contributed by atoms with Crippen LogP contribution in [0.3, 0.4) is 0 Å². The minimum absolute atomic E-state index is 0.0885. The van der Waals surface area contributed by atoms with Gasteiger partial charge in [0.25, 0.3) is 5.56 Å². The van der Waals surface area contributed by atoms with Crippen molar-refractivity contribution in [2.45, 2.75) is 33.1 Å². The van der Waals surface area contributed by atoms with Crippen molar-refractivity contribution in [1.29, 1.82) is 0 Å². The first-order valence-electron chi connectivity index (χ1n) is 5.66. The molecule has 5 heteroatoms. The lowest BCUT2D eigenvalue weighted by Gasteiger charge is -2.18. The Hall–Kier alpha value is -1.13. The minimum atomic E-state index is -0.192. The van der Waals surface area contributed by atoms with E-state index in [9.17, 15) is 4.79 Å². The van der Waals surface area contributed by atoms with Crippen molar-refractivity contribution in [2.75, 3.05) is 0 Å². The van der Waals surface area contributed by atoms with Gasteiger partial charge in [-0.15, -0.1) is 11.3 Å². The van der Waals surface area contributed by atoms with Crippen LogP contribution in [0.5, 0.6) is 0 Å². The number of nitrogens with one attached hydrogen (secondary N) is 1. The molecule has 0 aliphatic heterocycles. The molecule has 2 aromatic heterocycles. The van der Waals surface area contributed by atoms with Gasteiger partial charge in [0.1, 0.15) is 5.82 Å². The number of halogens is 1. The second kappa shape index (κ2) is 4.52. The van der Waals surface area contributed by atoms with E-state index in [1.165, 1.54) is 11.3 Å². The van der Waals surface area contributed by atoms with Crippen molar-refractivity contribution < 1.29 is 0 Å². The second-order valence-electron chi connectivity index (χ2n) is 5.24. The molecule has 0 unspecified atom stereocenters. The zero-order valence-electron chi connectivity index (χ0n) is 10.8. The van der Waals surface area contributed by atoms with Crippen molar-refractivity contribution in [3.05, 3.63) is 38.2 Å². The molecule has 18 heavy (non-hydrogen) atoms. The van der Waals surface area contributed by atoms with E-state index in [-0.39, 0.29) is 11.0 Å². The van der Waals surface area contributed by atoms with E-state index in [0.717, 1.165) is 10.6 Å². The summed E-state index contributed by atoms with van der Waals surface area (Å²) in [4.78, 5) is 20.3. The average molecular weight is 283 g/mol. The molecule has 3 nitrogen and oxygen atoms in total. The third-order valence-corrected chi connectivity index (χ3v) is 3.91. The standard InChI is InChI=1S/C13H15ClN2OS/c1-7-10(8-5-6-9(14)18-8)15-12(13(2,3)4)16-11(7)17/h5-6H,1-4H3,(H,15,16,17). The molecule has 2 rings (SSSR count). The van der Waals surface area contributed by atoms with E-state index in [4.69, 9.17) is 11.6 Å². The van der Waals surface area contributed by atoms with Gasteiger partial charge in [-0.25, -0.2) is 4.98 Å². The fraction of sp³-hybridized carbons (Fsp3) is 0.385. The van der Waals surface area contributed by atoms with Crippen LogP contribution in [-0.4, -0.2) is 9.97 Å². The number of thiophene rings is 1. The molecule has 1 N–H and O–H groups in total. The highest BCUT2D eigenvalue weighted by atomic mass is 35.5. The Morgan fingerprint density at radius 3 is 2.50 bits per heavy atom. The van der Waals surface area contributed by atoms with Gasteiger partial charge in [0.15, 0.2) is 0 Å². The smallest absolute Gasteiger partial charge is 0.254 e. The number of nitrogens with zero attached hydrogens (tertiary/aromatic N) is 1. The van der Waals surface area contributed by atoms with Gasteiger partial charge in [-0.3, -0.25) is 4.79 Å². The van der Waals surface area contributed by atoms with Crippen molar-refractivity contribution in [3.63, 3.8) is 0 Å². The molecule has 2 heterocycles. The predicted molar refractivity (Wildman–Crippen MR) is 76.6 cm³/mol. The van der Waals surface area contributed by atoms with Crippen LogP contribution in [0.4, 0.5) is 0 Å². The van der Waals surface area contributed by atoms with Crippen LogP contribution in [0.25, 0.3) is 10.6 Å². The number of hydrogen-bond acceptors (Lipinski definition) is 3. The molecule has 0 aliphatic rings. The first-order valence-corrected chi connectivity index (χ1v) is 6.85. The number of aromatic amines is 1. The Morgan fingerprint density at radius 2 is 2.00 bits per heavy atom. The first kappa shape index (κ1) is 13.3. The molecule has 0 aliphatic carbocycles. The normalized spacial score (nSPS) is 11.8. The molecular formula is C13H15ClN2OS. The average Bonchev–Trinajstić information content (AvgIpc) is 2.67. The minimum Gasteiger partial charge on any atom is -0.310 e. The van der Waals surface area contributed by atoms with Crippen LogP contribution in [-0.2, 0) is 5.41 Å². The van der Waals surface area contributed by atoms with Crippen LogP contribution in [0.1, 0.15) is 32.2 Å². The number of H-pyrrole nitrogens is 1. The molecule has 0 aromatic carbocycles. The van der Waals surface area contributed by atoms with Crippen LogP contribution < -0.4 is 5.56 Å². The summed E-state index contributed by atoms with van der Waals surface area (Å²) in [5.74, 6) is 0.692. The highest BCUT2D eigenvalue weighted by Gasteiger charge is 2.20. The van der Waals surface area contributed by atoms with Crippen LogP contribution >= 0.6 is 22.9 Å². The van der Waals surface area contributed by atoms with Crippen molar-refractivity contribution in [2.24, 2.45) is 0 Å². The molecule has 0 amide bonds. The number of hydrogen-bond donors (Lipinski definition) is 1. The van der Waals surface area contributed by atoms with E-state index in [0.29, 0.717) is 15.7 Å². The fourth-order valence-corrected chi connectivity index (χ4v) is 2.66. The van der Waals surface area contributed by atoms with E-state index < -0.39 is 0 Å². The lowest BCUT2D eigenvalue weighted by atomic mass is 9.95. The summed E-state index contributed by atoms with van der Waals surface area (Å²) in [5.41, 5.74) is 1.07. The van der Waals surface area contributed by atoms with Crippen molar-refractivity contribution >= 4 is 22.9 Å². The SMILES string of the molecule is Cc1c(-c2ccc(Cl)s2)nc(C(C)(C)C)[nH]c1=O. The maximum atomic E-state index is 12.0. The molecule has 0 fully saturated rings. The molecule has 0 bridgehead atoms. The molecule has 0 saturated heterocycles. The topological polar surface area (TPSA) is 45.8 Å². The summed E-state index contributed by atoms with van der Waals surface area (Å²) in [6, 6.07) is 3.72. The van der Waals surface area contributed by atoms with Gasteiger partial charge >= 0.3 is 0 Å². The molecule has 2 aromatic rings. The summed E-state index contributed by atoms with van der Waals surface area (Å²) in [6.45, 7) is 7.84. The van der Waals surface area contributed by atoms with E-state index >= 15 is 0 Å². The monoisotopic (exact) mass is 282 g/mol. The van der Waals surface area contributed by atoms with Crippen molar-refractivity contribution in [3.8, 4) is 10.6 Å². The Balaban J connectivity index is 2.67. The third kappa shape index (κ3) is 2.49. The van der Waals surface area contributed by atoms with Crippen LogP contribution in [0.2, 0.25) is 4.34 Å². The van der Waals surface area contributed by atoms with Gasteiger partial charge < -0.3 is 4.98 Å². The molecule has 0 atom stereocenters. The Morgan fingerprint density at radius 1 is 1.33 bits per heavy atom. The zero-order chi connectivity index (χ0) is 13.5. The highest BCUT2D eigenvalue weighted by Crippen LogP contribution is 2.31. The van der Waals surface area contributed by atoms with Crippen LogP contribution in [0, 0.1) is 6.92 Å². The maximum absolute atomic E-state index is 12.0.